The molecule has 1 aromatic rings. The molecule has 0 aromatic carbocycles. The number of aliphatic hydroxyl groups excluding tert-OH is 1. The van der Waals surface area contributed by atoms with E-state index in [0.717, 1.165) is 0 Å². The minimum atomic E-state index is -3.55. The van der Waals surface area contributed by atoms with E-state index in [9.17, 15) is 13.5 Å². The van der Waals surface area contributed by atoms with Gasteiger partial charge in [0.2, 0.25) is 10.0 Å². The second kappa shape index (κ2) is 5.62. The summed E-state index contributed by atoms with van der Waals surface area (Å²) in [4.78, 5) is 0.192. The van der Waals surface area contributed by atoms with Crippen LogP contribution >= 0.6 is 0 Å². The van der Waals surface area contributed by atoms with Gasteiger partial charge in [-0.05, 0) is 26.3 Å². The van der Waals surface area contributed by atoms with Crippen molar-refractivity contribution in [1.29, 1.82) is 0 Å². The van der Waals surface area contributed by atoms with E-state index in [1.54, 1.807) is 10.8 Å². The van der Waals surface area contributed by atoms with Crippen LogP contribution in [0.3, 0.4) is 0 Å². The molecule has 1 aliphatic heterocycles. The van der Waals surface area contributed by atoms with Crippen LogP contribution in [0.1, 0.15) is 32.0 Å². The van der Waals surface area contributed by atoms with Gasteiger partial charge in [-0.25, -0.2) is 13.1 Å². The van der Waals surface area contributed by atoms with Crippen molar-refractivity contribution in [2.45, 2.75) is 43.9 Å². The van der Waals surface area contributed by atoms with Crippen LogP contribution in [0.5, 0.6) is 0 Å². The minimum Gasteiger partial charge on any atom is -0.390 e. The SMILES string of the molecule is CC(C)n1cc(S(=O)(=O)NC2CCOC2)cc1CO. The maximum Gasteiger partial charge on any atom is 0.242 e. The van der Waals surface area contributed by atoms with Crippen LogP contribution in [0.15, 0.2) is 17.2 Å². The third-order valence-corrected chi connectivity index (χ3v) is 4.67. The van der Waals surface area contributed by atoms with Gasteiger partial charge in [-0.3, -0.25) is 0 Å². The minimum absolute atomic E-state index is 0.0981. The first-order valence-corrected chi connectivity index (χ1v) is 7.84. The Labute approximate surface area is 113 Å². The summed E-state index contributed by atoms with van der Waals surface area (Å²) < 4.78 is 34.0. The lowest BCUT2D eigenvalue weighted by Gasteiger charge is -2.11. The van der Waals surface area contributed by atoms with Gasteiger partial charge in [-0.15, -0.1) is 0 Å². The van der Waals surface area contributed by atoms with Crippen molar-refractivity contribution in [1.82, 2.24) is 9.29 Å². The molecule has 1 unspecified atom stereocenters. The summed E-state index contributed by atoms with van der Waals surface area (Å²) in [6.07, 6.45) is 2.26. The van der Waals surface area contributed by atoms with Crippen LogP contribution in [-0.2, 0) is 21.4 Å². The monoisotopic (exact) mass is 288 g/mol. The zero-order valence-electron chi connectivity index (χ0n) is 11.2. The van der Waals surface area contributed by atoms with Gasteiger partial charge in [0.25, 0.3) is 0 Å². The Hall–Kier alpha value is -0.890. The van der Waals surface area contributed by atoms with E-state index in [1.165, 1.54) is 6.07 Å². The van der Waals surface area contributed by atoms with Crippen molar-refractivity contribution < 1.29 is 18.3 Å². The van der Waals surface area contributed by atoms with Crippen LogP contribution in [0, 0.1) is 0 Å². The van der Waals surface area contributed by atoms with E-state index in [2.05, 4.69) is 4.72 Å². The lowest BCUT2D eigenvalue weighted by atomic mass is 10.3. The van der Waals surface area contributed by atoms with Gasteiger partial charge in [0.15, 0.2) is 0 Å². The number of sulfonamides is 1. The molecule has 0 aliphatic carbocycles. The lowest BCUT2D eigenvalue weighted by molar-refractivity contribution is 0.192. The number of aliphatic hydroxyl groups is 1. The van der Waals surface area contributed by atoms with Crippen LogP contribution < -0.4 is 4.72 Å². The van der Waals surface area contributed by atoms with Crippen LogP contribution in [0.2, 0.25) is 0 Å². The fraction of sp³-hybridized carbons (Fsp3) is 0.667. The molecule has 108 valence electrons. The summed E-state index contributed by atoms with van der Waals surface area (Å²) in [6, 6.07) is 1.45. The fourth-order valence-electron chi connectivity index (χ4n) is 2.17. The Kier molecular flexibility index (Phi) is 4.29. The van der Waals surface area contributed by atoms with Crippen molar-refractivity contribution in [3.05, 3.63) is 18.0 Å². The Morgan fingerprint density at radius 2 is 2.32 bits per heavy atom. The molecule has 0 amide bonds. The molecule has 2 N–H and O–H groups in total. The predicted molar refractivity (Wildman–Crippen MR) is 70.3 cm³/mol. The largest absolute Gasteiger partial charge is 0.390 e. The second-order valence-electron chi connectivity index (χ2n) is 5.01. The summed E-state index contributed by atoms with van der Waals surface area (Å²) in [5, 5.41) is 9.27. The van der Waals surface area contributed by atoms with Gasteiger partial charge in [0.05, 0.1) is 18.1 Å². The molecule has 0 saturated carbocycles. The quantitative estimate of drug-likeness (QED) is 0.832. The highest BCUT2D eigenvalue weighted by Crippen LogP contribution is 2.20. The van der Waals surface area contributed by atoms with E-state index in [0.29, 0.717) is 25.3 Å². The molecule has 2 rings (SSSR count). The van der Waals surface area contributed by atoms with Crippen molar-refractivity contribution in [3.63, 3.8) is 0 Å². The van der Waals surface area contributed by atoms with Gasteiger partial charge in [-0.2, -0.15) is 0 Å². The summed E-state index contributed by atoms with van der Waals surface area (Å²) in [6.45, 7) is 4.70. The number of hydrogen-bond acceptors (Lipinski definition) is 4. The molecule has 19 heavy (non-hydrogen) atoms. The third-order valence-electron chi connectivity index (χ3n) is 3.19. The Morgan fingerprint density at radius 1 is 1.58 bits per heavy atom. The Balaban J connectivity index is 2.24. The van der Waals surface area contributed by atoms with E-state index in [1.807, 2.05) is 13.8 Å². The Morgan fingerprint density at radius 3 is 2.79 bits per heavy atom. The molecular formula is C12H20N2O4S. The summed E-state index contributed by atoms with van der Waals surface area (Å²) in [5.74, 6) is 0. The average molecular weight is 288 g/mol. The van der Waals surface area contributed by atoms with Crippen LogP contribution in [0.4, 0.5) is 0 Å². The van der Waals surface area contributed by atoms with Crippen molar-refractivity contribution in [3.8, 4) is 0 Å². The third kappa shape index (κ3) is 3.17. The zero-order chi connectivity index (χ0) is 14.0. The van der Waals surface area contributed by atoms with Gasteiger partial charge in [0, 0.05) is 30.6 Å². The van der Waals surface area contributed by atoms with Crippen molar-refractivity contribution in [2.24, 2.45) is 0 Å². The molecule has 0 spiro atoms. The number of rotatable bonds is 5. The fourth-order valence-corrected chi connectivity index (χ4v) is 3.47. The maximum absolute atomic E-state index is 12.2. The molecule has 2 heterocycles. The second-order valence-corrected chi connectivity index (χ2v) is 6.72. The summed E-state index contributed by atoms with van der Waals surface area (Å²) in [5.41, 5.74) is 0.595. The van der Waals surface area contributed by atoms with Crippen LogP contribution in [0.25, 0.3) is 0 Å². The topological polar surface area (TPSA) is 80.6 Å². The Bertz CT molecular complexity index is 530. The highest BCUT2D eigenvalue weighted by Gasteiger charge is 2.25. The molecule has 1 aliphatic rings. The van der Waals surface area contributed by atoms with E-state index < -0.39 is 10.0 Å². The lowest BCUT2D eigenvalue weighted by Crippen LogP contribution is -2.34. The number of hydrogen-bond donors (Lipinski definition) is 2. The highest BCUT2D eigenvalue weighted by atomic mass is 32.2. The first-order chi connectivity index (χ1) is 8.94. The normalized spacial score (nSPS) is 20.3. The predicted octanol–water partition coefficient (Wildman–Crippen LogP) is 0.628. The van der Waals surface area contributed by atoms with E-state index >= 15 is 0 Å². The first-order valence-electron chi connectivity index (χ1n) is 6.35. The van der Waals surface area contributed by atoms with E-state index in [-0.39, 0.29) is 23.6 Å². The van der Waals surface area contributed by atoms with Crippen LogP contribution in [-0.4, -0.2) is 37.3 Å². The number of nitrogens with zero attached hydrogens (tertiary/aromatic N) is 1. The standard InChI is InChI=1S/C12H20N2O4S/c1-9(2)14-6-12(5-11(14)7-15)19(16,17)13-10-3-4-18-8-10/h5-6,9-10,13,15H,3-4,7-8H2,1-2H3. The average Bonchev–Trinajstić information content (AvgIpc) is 2.95. The summed E-state index contributed by atoms with van der Waals surface area (Å²) >= 11 is 0. The van der Waals surface area contributed by atoms with Gasteiger partial charge >= 0.3 is 0 Å². The molecule has 1 aromatic heterocycles. The molecule has 1 saturated heterocycles. The molecule has 1 fully saturated rings. The first kappa shape index (κ1) is 14.5. The van der Waals surface area contributed by atoms with Gasteiger partial charge < -0.3 is 14.4 Å². The van der Waals surface area contributed by atoms with Crippen molar-refractivity contribution in [2.75, 3.05) is 13.2 Å². The summed E-state index contributed by atoms with van der Waals surface area (Å²) in [7, 11) is -3.55. The zero-order valence-corrected chi connectivity index (χ0v) is 12.0. The highest BCUT2D eigenvalue weighted by molar-refractivity contribution is 7.89. The number of aromatic nitrogens is 1. The maximum atomic E-state index is 12.2. The number of nitrogens with one attached hydrogen (secondary N) is 1. The van der Waals surface area contributed by atoms with Crippen molar-refractivity contribution >= 4 is 10.0 Å². The number of ether oxygens (including phenoxy) is 1. The molecule has 0 radical (unpaired) electrons. The van der Waals surface area contributed by atoms with Gasteiger partial charge in [0.1, 0.15) is 0 Å². The molecule has 6 nitrogen and oxygen atoms in total. The molecule has 1 atom stereocenters. The molecule has 0 bridgehead atoms. The van der Waals surface area contributed by atoms with E-state index in [4.69, 9.17) is 4.74 Å². The van der Waals surface area contributed by atoms with Gasteiger partial charge in [-0.1, -0.05) is 0 Å². The molecule has 7 heteroatoms. The smallest absolute Gasteiger partial charge is 0.242 e. The molecular weight excluding hydrogens is 268 g/mol.